The lowest BCUT2D eigenvalue weighted by Gasteiger charge is -2.34. The van der Waals surface area contributed by atoms with E-state index in [1.165, 1.54) is 128 Å². The van der Waals surface area contributed by atoms with Gasteiger partial charge >= 0.3 is 6.18 Å². The molecular weight excluding hydrogens is 1690 g/mol. The van der Waals surface area contributed by atoms with Crippen LogP contribution >= 0.6 is 0 Å². The lowest BCUT2D eigenvalue weighted by Crippen LogP contribution is -2.45. The second-order valence-corrected chi connectivity index (χ2v) is 35.2. The van der Waals surface area contributed by atoms with E-state index in [4.69, 9.17) is 28.4 Å². The average molecular weight is 1800 g/mol. The number of alkyl halides is 3. The third-order valence-corrected chi connectivity index (χ3v) is 25.7. The summed E-state index contributed by atoms with van der Waals surface area (Å²) >= 11 is 0. The summed E-state index contributed by atoms with van der Waals surface area (Å²) in [4.78, 5) is 12.1. The molecule has 4 saturated heterocycles. The van der Waals surface area contributed by atoms with Crippen molar-refractivity contribution in [2.24, 2.45) is 0 Å². The molecule has 0 radical (unpaired) electrons. The van der Waals surface area contributed by atoms with Gasteiger partial charge in [0.05, 0.1) is 18.8 Å². The molecular formula is C111H113F10N5O6. The largest absolute Gasteiger partial charge is 0.494 e. The zero-order valence-corrected chi connectivity index (χ0v) is 75.2. The summed E-state index contributed by atoms with van der Waals surface area (Å²) in [6.07, 6.45) is 10.2. The first-order chi connectivity index (χ1) is 64.2. The fraction of sp³-hybridized carbons (Fsp3) is 0.333. The number of para-hydroxylation sites is 1. The number of ether oxygens (including phenoxy) is 6. The molecule has 19 rings (SSSR count). The van der Waals surface area contributed by atoms with Gasteiger partial charge in [0, 0.05) is 91.3 Å². The highest BCUT2D eigenvalue weighted by atomic mass is 19.4. The quantitative estimate of drug-likeness (QED) is 0.0454. The lowest BCUT2D eigenvalue weighted by atomic mass is 9.88. The number of unbranched alkanes of at least 4 members (excludes halogenated alkanes) is 2. The molecule has 132 heavy (non-hydrogen) atoms. The third-order valence-electron chi connectivity index (χ3n) is 25.7. The first-order valence-corrected chi connectivity index (χ1v) is 46.5. The molecule has 0 N–H and O–H groups in total. The van der Waals surface area contributed by atoms with Crippen LogP contribution in [0, 0.1) is 40.7 Å². The van der Waals surface area contributed by atoms with Crippen LogP contribution < -0.4 is 28.4 Å². The average Bonchev–Trinajstić information content (AvgIpc) is 0.696. The maximum atomic E-state index is 15.0. The molecule has 0 atom stereocenters. The number of piperazine rings is 1. The highest BCUT2D eigenvalue weighted by Gasteiger charge is 2.34. The Morgan fingerprint density at radius 3 is 0.947 bits per heavy atom. The first kappa shape index (κ1) is 93.5. The number of rotatable bonds is 23. The molecule has 4 fully saturated rings. The summed E-state index contributed by atoms with van der Waals surface area (Å²) in [6.45, 7) is 20.9. The van der Waals surface area contributed by atoms with Crippen LogP contribution in [-0.4, -0.2) is 163 Å². The molecule has 11 aromatic rings. The van der Waals surface area contributed by atoms with Crippen molar-refractivity contribution in [1.29, 1.82) is 0 Å². The summed E-state index contributed by atoms with van der Waals surface area (Å²) < 4.78 is 175. The van der Waals surface area contributed by atoms with Crippen LogP contribution in [0.2, 0.25) is 0 Å². The Bertz CT molecular complexity index is 5930. The van der Waals surface area contributed by atoms with Gasteiger partial charge in [-0.1, -0.05) is 131 Å². The molecule has 0 aliphatic carbocycles. The smallest absolute Gasteiger partial charge is 0.416 e. The predicted molar refractivity (Wildman–Crippen MR) is 504 cm³/mol. The number of hydrogen-bond acceptors (Lipinski definition) is 11. The van der Waals surface area contributed by atoms with Crippen LogP contribution in [0.25, 0.3) is 55.7 Å². The Balaban J connectivity index is 0.000000130. The summed E-state index contributed by atoms with van der Waals surface area (Å²) in [5, 5.41) is 0. The normalized spacial score (nSPS) is 16.7. The SMILES string of the molecule is CCCCOc1ccc(F)c(-c2ccc3c(c2)C(c2ccc(C(F)(F)F)cc2)=C(CN2CCCCC2)CO3)c1.CCCCOc1ccc(F)c(-c2ccc3c(c2)C(c2ccc(F)cc2)=C(CN2CCCCC2)CO3)c1.CN1CCN(CC2=C(c3ccc(F)cc3)c3ccccc3OC2)CC1.Fc1ccc(C2=C(CN3CCCCC3)COc3ccc(-c4cc(F)ccc4F)cc32)cc1. The Kier molecular flexibility index (Phi) is 31.3. The standard InChI is InChI=1S/C32H33F4NO2.C31H33F2NO2.C27H24F3NO.C21H23FN2O/c1-2-3-17-38-26-12-13-29(33)27(19-26)23-9-14-30-28(18-23)31(22-7-10-25(11-8-22)32(34,35)36)24(21-39-30)20-37-15-5-4-6-16-37;1-2-3-17-35-26-12-13-29(33)27(19-26)23-9-14-30-28(18-23)31(22-7-10-25(32)11-8-22)24(21-36-30)20-34-15-5-4-6-16-34;28-21-7-4-18(5-8-21)27-20(16-31-12-2-1-3-13-31)17-32-26-11-6-19(14-24(26)27)23-15-22(29)9-10-25(23)30;1-23-10-12-24(13-11-23)14-17-15-25-20-5-3-2-4-19(20)21(17)16-6-8-18(22)9-7-16/h7-14,18-19H,2-6,15-17,20-21H2,1H3;7-14,18-19H,2-6,15-17,20-21H2,1H3;4-11,14-15H,1-3,12-13,16-17H2;2-9H,10-15H2,1H3. The van der Waals surface area contributed by atoms with Gasteiger partial charge in [-0.15, -0.1) is 0 Å². The van der Waals surface area contributed by atoms with Crippen LogP contribution in [0.15, 0.2) is 253 Å². The van der Waals surface area contributed by atoms with Gasteiger partial charge in [0.1, 0.15) is 102 Å². The van der Waals surface area contributed by atoms with Crippen molar-refractivity contribution < 1.29 is 72.3 Å². The predicted octanol–water partition coefficient (Wildman–Crippen LogP) is 25.6. The molecule has 8 aliphatic rings. The number of likely N-dealkylation sites (tertiary alicyclic amines) is 3. The number of benzene rings is 11. The second-order valence-electron chi connectivity index (χ2n) is 35.2. The van der Waals surface area contributed by atoms with Gasteiger partial charge in [-0.2, -0.15) is 13.2 Å². The monoisotopic (exact) mass is 1800 g/mol. The molecule has 0 aromatic heterocycles. The molecule has 688 valence electrons. The highest BCUT2D eigenvalue weighted by molar-refractivity contribution is 5.92. The van der Waals surface area contributed by atoms with Gasteiger partial charge in [-0.3, -0.25) is 19.6 Å². The van der Waals surface area contributed by atoms with E-state index in [1.54, 1.807) is 48.5 Å². The van der Waals surface area contributed by atoms with Gasteiger partial charge in [0.2, 0.25) is 0 Å². The Hall–Kier alpha value is -11.7. The number of nitrogens with zero attached hydrogens (tertiary/aromatic N) is 5. The molecule has 0 amide bonds. The minimum Gasteiger partial charge on any atom is -0.494 e. The number of halogens is 10. The molecule has 0 unspecified atom stereocenters. The van der Waals surface area contributed by atoms with E-state index < -0.39 is 23.4 Å². The highest BCUT2D eigenvalue weighted by Crippen LogP contribution is 2.47. The van der Waals surface area contributed by atoms with Crippen LogP contribution in [0.1, 0.15) is 147 Å². The van der Waals surface area contributed by atoms with Crippen molar-refractivity contribution in [3.8, 4) is 67.9 Å². The topological polar surface area (TPSA) is 71.6 Å². The zero-order chi connectivity index (χ0) is 91.6. The summed E-state index contributed by atoms with van der Waals surface area (Å²) in [6, 6.07) is 63.1. The summed E-state index contributed by atoms with van der Waals surface area (Å²) in [7, 11) is 2.17. The minimum absolute atomic E-state index is 0.203. The zero-order valence-electron chi connectivity index (χ0n) is 75.2. The van der Waals surface area contributed by atoms with Crippen LogP contribution in [-0.2, 0) is 6.18 Å². The van der Waals surface area contributed by atoms with E-state index in [2.05, 4.69) is 51.5 Å². The second kappa shape index (κ2) is 44.2. The number of piperidine rings is 3. The van der Waals surface area contributed by atoms with Gasteiger partial charge in [-0.05, 0) is 327 Å². The van der Waals surface area contributed by atoms with E-state index in [1.807, 2.05) is 84.9 Å². The number of hydrogen-bond donors (Lipinski definition) is 0. The maximum Gasteiger partial charge on any atom is 0.416 e. The Morgan fingerprint density at radius 1 is 0.288 bits per heavy atom. The molecule has 8 aliphatic heterocycles. The number of likely N-dealkylation sites (N-methyl/N-ethyl adjacent to an activating group) is 1. The molecule has 0 saturated carbocycles. The summed E-state index contributed by atoms with van der Waals surface area (Å²) in [5.41, 5.74) is 18.2. The van der Waals surface area contributed by atoms with E-state index in [-0.39, 0.29) is 34.6 Å². The Morgan fingerprint density at radius 2 is 0.591 bits per heavy atom. The molecule has 11 aromatic carbocycles. The van der Waals surface area contributed by atoms with E-state index in [9.17, 15) is 39.5 Å². The molecule has 8 heterocycles. The Labute approximate surface area is 768 Å². The van der Waals surface area contributed by atoms with Crippen molar-refractivity contribution >= 4 is 22.3 Å². The fourth-order valence-electron chi connectivity index (χ4n) is 18.6. The van der Waals surface area contributed by atoms with Crippen molar-refractivity contribution in [3.63, 3.8) is 0 Å². The van der Waals surface area contributed by atoms with Crippen LogP contribution in [0.3, 0.4) is 0 Å². The third kappa shape index (κ3) is 23.5. The molecule has 0 spiro atoms. The van der Waals surface area contributed by atoms with E-state index in [0.717, 1.165) is 232 Å². The lowest BCUT2D eigenvalue weighted by molar-refractivity contribution is -0.137. The van der Waals surface area contributed by atoms with Gasteiger partial charge in [0.15, 0.2) is 0 Å². The van der Waals surface area contributed by atoms with Crippen molar-refractivity contribution in [2.75, 3.05) is 138 Å². The minimum atomic E-state index is -4.41. The molecule has 21 heteroatoms. The van der Waals surface area contributed by atoms with Crippen molar-refractivity contribution in [1.82, 2.24) is 24.5 Å². The molecule has 0 bridgehead atoms. The summed E-state index contributed by atoms with van der Waals surface area (Å²) in [5.74, 6) is 1.84. The van der Waals surface area contributed by atoms with Crippen LogP contribution in [0.4, 0.5) is 43.9 Å². The maximum absolute atomic E-state index is 15.0. The molecule has 11 nitrogen and oxygen atoms in total. The van der Waals surface area contributed by atoms with Crippen molar-refractivity contribution in [2.45, 2.75) is 103 Å². The van der Waals surface area contributed by atoms with Gasteiger partial charge < -0.3 is 33.3 Å². The van der Waals surface area contributed by atoms with Gasteiger partial charge in [0.25, 0.3) is 0 Å². The van der Waals surface area contributed by atoms with Crippen LogP contribution in [0.5, 0.6) is 34.5 Å². The van der Waals surface area contributed by atoms with E-state index >= 15 is 4.39 Å². The fourth-order valence-corrected chi connectivity index (χ4v) is 18.6. The van der Waals surface area contributed by atoms with Crippen molar-refractivity contribution in [3.05, 3.63) is 344 Å². The number of fused-ring (bicyclic) bond motifs is 4. The van der Waals surface area contributed by atoms with E-state index in [0.29, 0.717) is 97.0 Å². The van der Waals surface area contributed by atoms with Gasteiger partial charge in [-0.25, -0.2) is 30.7 Å². The first-order valence-electron chi connectivity index (χ1n) is 46.5.